The molecule has 0 aliphatic heterocycles. The van der Waals surface area contributed by atoms with Crippen LogP contribution in [0.1, 0.15) is 16.1 Å². The van der Waals surface area contributed by atoms with Crippen molar-refractivity contribution in [1.82, 2.24) is 15.2 Å². The van der Waals surface area contributed by atoms with Crippen molar-refractivity contribution in [3.63, 3.8) is 0 Å². The van der Waals surface area contributed by atoms with Gasteiger partial charge in [0.25, 0.3) is 5.91 Å². The number of anilines is 2. The van der Waals surface area contributed by atoms with E-state index in [0.29, 0.717) is 12.4 Å². The maximum Gasteiger partial charge on any atom is 0.267 e. The highest BCUT2D eigenvalue weighted by Crippen LogP contribution is 2.12. The molecule has 0 saturated heterocycles. The van der Waals surface area contributed by atoms with Crippen LogP contribution >= 0.6 is 0 Å². The number of amides is 1. The first-order chi connectivity index (χ1) is 8.16. The Morgan fingerprint density at radius 3 is 3.00 bits per heavy atom. The number of hydrogen-bond donors (Lipinski definition) is 4. The van der Waals surface area contributed by atoms with Crippen LogP contribution in [0.15, 0.2) is 24.5 Å². The predicted octanol–water partition coefficient (Wildman–Crippen LogP) is 0.0979. The van der Waals surface area contributed by atoms with Crippen molar-refractivity contribution in [2.75, 3.05) is 11.1 Å². The third kappa shape index (κ3) is 2.51. The van der Waals surface area contributed by atoms with E-state index in [1.807, 2.05) is 0 Å². The maximum absolute atomic E-state index is 10.9. The lowest BCUT2D eigenvalue weighted by atomic mass is 10.3. The van der Waals surface area contributed by atoms with E-state index >= 15 is 0 Å². The summed E-state index contributed by atoms with van der Waals surface area (Å²) < 4.78 is 0. The van der Waals surface area contributed by atoms with Gasteiger partial charge in [-0.2, -0.15) is 5.10 Å². The molecular weight excluding hydrogens is 220 g/mol. The molecule has 88 valence electrons. The van der Waals surface area contributed by atoms with Crippen molar-refractivity contribution in [2.24, 2.45) is 5.73 Å². The van der Waals surface area contributed by atoms with E-state index in [0.717, 1.165) is 11.3 Å². The molecule has 0 aliphatic rings. The molecule has 2 rings (SSSR count). The van der Waals surface area contributed by atoms with E-state index in [2.05, 4.69) is 20.5 Å². The Morgan fingerprint density at radius 2 is 2.35 bits per heavy atom. The van der Waals surface area contributed by atoms with Crippen molar-refractivity contribution in [2.45, 2.75) is 6.54 Å². The SMILES string of the molecule is NC(=O)c1cc(NCc2cn[nH]c2N)ccn1. The first-order valence-electron chi connectivity index (χ1n) is 4.94. The molecule has 6 N–H and O–H groups in total. The Morgan fingerprint density at radius 1 is 1.53 bits per heavy atom. The van der Waals surface area contributed by atoms with Crippen LogP contribution < -0.4 is 16.8 Å². The summed E-state index contributed by atoms with van der Waals surface area (Å²) in [6, 6.07) is 3.32. The number of nitrogens with two attached hydrogens (primary N) is 2. The van der Waals surface area contributed by atoms with Gasteiger partial charge in [-0.15, -0.1) is 0 Å². The van der Waals surface area contributed by atoms with Crippen LogP contribution in [-0.2, 0) is 6.54 Å². The van der Waals surface area contributed by atoms with Crippen LogP contribution in [-0.4, -0.2) is 21.1 Å². The van der Waals surface area contributed by atoms with E-state index in [-0.39, 0.29) is 5.69 Å². The fourth-order valence-corrected chi connectivity index (χ4v) is 1.33. The number of carbonyl (C=O) groups is 1. The van der Waals surface area contributed by atoms with Gasteiger partial charge in [0.05, 0.1) is 6.20 Å². The molecule has 0 spiro atoms. The van der Waals surface area contributed by atoms with Crippen LogP contribution in [0.25, 0.3) is 0 Å². The average Bonchev–Trinajstić information content (AvgIpc) is 2.72. The Kier molecular flexibility index (Phi) is 2.91. The molecule has 0 fully saturated rings. The third-order valence-corrected chi connectivity index (χ3v) is 2.25. The smallest absolute Gasteiger partial charge is 0.267 e. The number of primary amides is 1. The van der Waals surface area contributed by atoms with Gasteiger partial charge < -0.3 is 16.8 Å². The summed E-state index contributed by atoms with van der Waals surface area (Å²) in [5, 5.41) is 9.53. The number of nitrogens with one attached hydrogen (secondary N) is 2. The first-order valence-corrected chi connectivity index (χ1v) is 4.94. The minimum atomic E-state index is -0.559. The zero-order chi connectivity index (χ0) is 12.3. The van der Waals surface area contributed by atoms with Crippen molar-refractivity contribution >= 4 is 17.4 Å². The molecule has 2 aromatic rings. The summed E-state index contributed by atoms with van der Waals surface area (Å²) in [5.41, 5.74) is 12.6. The number of pyridine rings is 1. The van der Waals surface area contributed by atoms with Crippen molar-refractivity contribution in [3.8, 4) is 0 Å². The number of hydrogen-bond acceptors (Lipinski definition) is 5. The Labute approximate surface area is 97.2 Å². The van der Waals surface area contributed by atoms with Gasteiger partial charge in [-0.05, 0) is 12.1 Å². The van der Waals surface area contributed by atoms with E-state index in [1.54, 1.807) is 18.3 Å². The summed E-state index contributed by atoms with van der Waals surface area (Å²) in [4.78, 5) is 14.8. The zero-order valence-corrected chi connectivity index (χ0v) is 8.97. The molecule has 7 heteroatoms. The van der Waals surface area contributed by atoms with Gasteiger partial charge in [-0.3, -0.25) is 14.9 Å². The lowest BCUT2D eigenvalue weighted by Gasteiger charge is -2.05. The molecule has 1 amide bonds. The Bertz CT molecular complexity index is 535. The molecule has 0 aromatic carbocycles. The summed E-state index contributed by atoms with van der Waals surface area (Å²) in [6.45, 7) is 0.505. The summed E-state index contributed by atoms with van der Waals surface area (Å²) in [7, 11) is 0. The number of carbonyl (C=O) groups excluding carboxylic acids is 1. The van der Waals surface area contributed by atoms with Gasteiger partial charge in [-0.25, -0.2) is 0 Å². The number of nitrogens with zero attached hydrogens (tertiary/aromatic N) is 2. The van der Waals surface area contributed by atoms with Crippen LogP contribution in [0.4, 0.5) is 11.5 Å². The number of aromatic nitrogens is 3. The highest BCUT2D eigenvalue weighted by Gasteiger charge is 2.04. The second-order valence-corrected chi connectivity index (χ2v) is 3.46. The van der Waals surface area contributed by atoms with E-state index in [4.69, 9.17) is 11.5 Å². The highest BCUT2D eigenvalue weighted by atomic mass is 16.1. The van der Waals surface area contributed by atoms with Crippen LogP contribution in [0.2, 0.25) is 0 Å². The third-order valence-electron chi connectivity index (χ3n) is 2.25. The summed E-state index contributed by atoms with van der Waals surface area (Å²) in [6.07, 6.45) is 3.15. The quantitative estimate of drug-likeness (QED) is 0.595. The highest BCUT2D eigenvalue weighted by molar-refractivity contribution is 5.91. The standard InChI is InChI=1S/C10H12N6O/c11-9-6(5-15-16-9)4-14-7-1-2-13-8(3-7)10(12)17/h1-3,5H,4H2,(H2,12,17)(H,13,14)(H3,11,15,16). The number of H-pyrrole nitrogens is 1. The number of nitrogen functional groups attached to an aromatic ring is 1. The van der Waals surface area contributed by atoms with Gasteiger partial charge in [0.2, 0.25) is 0 Å². The fraction of sp³-hybridized carbons (Fsp3) is 0.100. The molecule has 0 atom stereocenters. The maximum atomic E-state index is 10.9. The largest absolute Gasteiger partial charge is 0.384 e. The van der Waals surface area contributed by atoms with Crippen LogP contribution in [0, 0.1) is 0 Å². The van der Waals surface area contributed by atoms with E-state index < -0.39 is 5.91 Å². The molecule has 0 radical (unpaired) electrons. The molecule has 2 aromatic heterocycles. The lowest BCUT2D eigenvalue weighted by molar-refractivity contribution is 0.0995. The van der Waals surface area contributed by atoms with E-state index in [9.17, 15) is 4.79 Å². The van der Waals surface area contributed by atoms with Crippen LogP contribution in [0.3, 0.4) is 0 Å². The lowest BCUT2D eigenvalue weighted by Crippen LogP contribution is -2.13. The Balaban J connectivity index is 2.07. The van der Waals surface area contributed by atoms with E-state index in [1.165, 1.54) is 6.20 Å². The number of aromatic amines is 1. The molecule has 0 unspecified atom stereocenters. The minimum absolute atomic E-state index is 0.218. The average molecular weight is 232 g/mol. The molecule has 7 nitrogen and oxygen atoms in total. The fourth-order valence-electron chi connectivity index (χ4n) is 1.33. The molecule has 17 heavy (non-hydrogen) atoms. The number of rotatable bonds is 4. The topological polar surface area (TPSA) is 123 Å². The zero-order valence-electron chi connectivity index (χ0n) is 8.97. The van der Waals surface area contributed by atoms with Gasteiger partial charge in [0, 0.05) is 24.0 Å². The van der Waals surface area contributed by atoms with Gasteiger partial charge in [0.1, 0.15) is 11.5 Å². The molecular formula is C10H12N6O. The second kappa shape index (κ2) is 4.52. The summed E-state index contributed by atoms with van der Waals surface area (Å²) in [5.74, 6) is -0.0434. The monoisotopic (exact) mass is 232 g/mol. The first kappa shape index (κ1) is 10.9. The molecule has 0 aliphatic carbocycles. The normalized spacial score (nSPS) is 10.1. The van der Waals surface area contributed by atoms with Crippen molar-refractivity contribution in [1.29, 1.82) is 0 Å². The predicted molar refractivity (Wildman–Crippen MR) is 63.1 cm³/mol. The Hall–Kier alpha value is -2.57. The minimum Gasteiger partial charge on any atom is -0.384 e. The van der Waals surface area contributed by atoms with Crippen LogP contribution in [0.5, 0.6) is 0 Å². The van der Waals surface area contributed by atoms with Gasteiger partial charge >= 0.3 is 0 Å². The molecule has 2 heterocycles. The van der Waals surface area contributed by atoms with Crippen molar-refractivity contribution < 1.29 is 4.79 Å². The molecule has 0 saturated carbocycles. The van der Waals surface area contributed by atoms with Gasteiger partial charge in [-0.1, -0.05) is 0 Å². The summed E-state index contributed by atoms with van der Waals surface area (Å²) >= 11 is 0. The molecule has 0 bridgehead atoms. The van der Waals surface area contributed by atoms with Gasteiger partial charge in [0.15, 0.2) is 0 Å². The second-order valence-electron chi connectivity index (χ2n) is 3.46. The van der Waals surface area contributed by atoms with Crippen molar-refractivity contribution in [3.05, 3.63) is 35.8 Å².